The molecule has 5 heteroatoms. The van der Waals surface area contributed by atoms with Crippen LogP contribution in [-0.2, 0) is 0 Å². The molecule has 0 bridgehead atoms. The van der Waals surface area contributed by atoms with Crippen LogP contribution in [0.5, 0.6) is 0 Å². The second-order valence-corrected chi connectivity index (χ2v) is 5.94. The number of urea groups is 1. The van der Waals surface area contributed by atoms with E-state index in [1.54, 1.807) is 19.2 Å². The summed E-state index contributed by atoms with van der Waals surface area (Å²) in [5, 5.41) is 13.4. The molecule has 0 aliphatic heterocycles. The summed E-state index contributed by atoms with van der Waals surface area (Å²) >= 11 is 5.84. The van der Waals surface area contributed by atoms with E-state index in [0.717, 1.165) is 18.4 Å². The number of likely N-dealkylation sites (N-methyl/N-ethyl adjacent to an activating group) is 1. The fourth-order valence-electron chi connectivity index (χ4n) is 2.12. The number of hydrogen-bond donors (Lipinski definition) is 2. The summed E-state index contributed by atoms with van der Waals surface area (Å²) in [4.78, 5) is 13.6. The van der Waals surface area contributed by atoms with Crippen molar-refractivity contribution in [3.63, 3.8) is 0 Å². The number of nitrogens with one attached hydrogen (secondary N) is 1. The molecule has 1 aliphatic carbocycles. The van der Waals surface area contributed by atoms with E-state index in [1.807, 2.05) is 19.1 Å². The first-order valence-electron chi connectivity index (χ1n) is 6.92. The summed E-state index contributed by atoms with van der Waals surface area (Å²) in [6.45, 7) is 2.30. The molecule has 0 saturated heterocycles. The van der Waals surface area contributed by atoms with E-state index < -0.39 is 6.10 Å². The molecule has 4 nitrogen and oxygen atoms in total. The van der Waals surface area contributed by atoms with Crippen molar-refractivity contribution in [1.29, 1.82) is 0 Å². The minimum atomic E-state index is -0.406. The fraction of sp³-hybridized carbons (Fsp3) is 0.533. The average molecular weight is 297 g/mol. The van der Waals surface area contributed by atoms with Crippen molar-refractivity contribution in [3.8, 4) is 0 Å². The molecule has 0 spiro atoms. The molecule has 1 aliphatic rings. The zero-order valence-corrected chi connectivity index (χ0v) is 12.6. The third-order valence-corrected chi connectivity index (χ3v) is 3.94. The Bertz CT molecular complexity index is 459. The standard InChI is InChI=1S/C15H21ClN2O2/c1-10(11-5-7-13(16)8-6-11)17-15(20)18(2)9-14(19)12-3-4-12/h5-8,10,12,14,19H,3-4,9H2,1-2H3,(H,17,20). The third-order valence-electron chi connectivity index (χ3n) is 3.68. The van der Waals surface area contributed by atoms with Crippen LogP contribution in [0.25, 0.3) is 0 Å². The van der Waals surface area contributed by atoms with Crippen molar-refractivity contribution in [2.45, 2.75) is 31.9 Å². The van der Waals surface area contributed by atoms with Gasteiger partial charge < -0.3 is 15.3 Å². The second kappa shape index (κ2) is 6.46. The average Bonchev–Trinajstić information content (AvgIpc) is 3.23. The Morgan fingerprint density at radius 2 is 2.05 bits per heavy atom. The molecule has 2 N–H and O–H groups in total. The maximum absolute atomic E-state index is 12.0. The number of amides is 2. The van der Waals surface area contributed by atoms with Crippen molar-refractivity contribution >= 4 is 17.6 Å². The molecule has 1 fully saturated rings. The van der Waals surface area contributed by atoms with Crippen LogP contribution in [0.15, 0.2) is 24.3 Å². The van der Waals surface area contributed by atoms with E-state index in [2.05, 4.69) is 5.32 Å². The lowest BCUT2D eigenvalue weighted by atomic mass is 10.1. The summed E-state index contributed by atoms with van der Waals surface area (Å²) in [6.07, 6.45) is 1.73. The van der Waals surface area contributed by atoms with Gasteiger partial charge >= 0.3 is 6.03 Å². The van der Waals surface area contributed by atoms with Gasteiger partial charge in [0.15, 0.2) is 0 Å². The number of benzene rings is 1. The molecule has 2 rings (SSSR count). The molecular formula is C15H21ClN2O2. The van der Waals surface area contributed by atoms with E-state index in [4.69, 9.17) is 11.6 Å². The quantitative estimate of drug-likeness (QED) is 0.878. The first kappa shape index (κ1) is 15.1. The number of halogens is 1. The number of aliphatic hydroxyl groups excluding tert-OH is 1. The third kappa shape index (κ3) is 4.12. The van der Waals surface area contributed by atoms with Gasteiger partial charge in [-0.15, -0.1) is 0 Å². The van der Waals surface area contributed by atoms with E-state index in [9.17, 15) is 9.90 Å². The van der Waals surface area contributed by atoms with Gasteiger partial charge in [0.2, 0.25) is 0 Å². The van der Waals surface area contributed by atoms with Crippen molar-refractivity contribution in [1.82, 2.24) is 10.2 Å². The minimum absolute atomic E-state index is 0.0970. The number of hydrogen-bond acceptors (Lipinski definition) is 2. The van der Waals surface area contributed by atoms with Gasteiger partial charge in [-0.25, -0.2) is 4.79 Å². The van der Waals surface area contributed by atoms with Gasteiger partial charge in [-0.1, -0.05) is 23.7 Å². The fourth-order valence-corrected chi connectivity index (χ4v) is 2.25. The smallest absolute Gasteiger partial charge is 0.317 e. The molecule has 1 saturated carbocycles. The molecule has 0 aromatic heterocycles. The Kier molecular flexibility index (Phi) is 4.89. The first-order valence-corrected chi connectivity index (χ1v) is 7.30. The van der Waals surface area contributed by atoms with Crippen LogP contribution in [-0.4, -0.2) is 35.7 Å². The Balaban J connectivity index is 1.84. The SMILES string of the molecule is CC(NC(=O)N(C)CC(O)C1CC1)c1ccc(Cl)cc1. The van der Waals surface area contributed by atoms with E-state index in [1.165, 1.54) is 4.90 Å². The van der Waals surface area contributed by atoms with Gasteiger partial charge in [0.05, 0.1) is 12.1 Å². The van der Waals surface area contributed by atoms with Crippen molar-refractivity contribution in [2.75, 3.05) is 13.6 Å². The highest BCUT2D eigenvalue weighted by Crippen LogP contribution is 2.32. The van der Waals surface area contributed by atoms with Crippen molar-refractivity contribution in [3.05, 3.63) is 34.9 Å². The van der Waals surface area contributed by atoms with Crippen LogP contribution in [0.3, 0.4) is 0 Å². The molecule has 2 amide bonds. The van der Waals surface area contributed by atoms with Gasteiger partial charge in [0, 0.05) is 18.6 Å². The number of rotatable bonds is 5. The van der Waals surface area contributed by atoms with Crippen LogP contribution in [0.2, 0.25) is 5.02 Å². The van der Waals surface area contributed by atoms with E-state index >= 15 is 0 Å². The van der Waals surface area contributed by atoms with E-state index in [0.29, 0.717) is 17.5 Å². The summed E-state index contributed by atoms with van der Waals surface area (Å²) < 4.78 is 0. The lowest BCUT2D eigenvalue weighted by molar-refractivity contribution is 0.113. The van der Waals surface area contributed by atoms with Crippen molar-refractivity contribution < 1.29 is 9.90 Å². The molecule has 2 atom stereocenters. The second-order valence-electron chi connectivity index (χ2n) is 5.51. The summed E-state index contributed by atoms with van der Waals surface area (Å²) in [5.74, 6) is 0.374. The summed E-state index contributed by atoms with van der Waals surface area (Å²) in [5.41, 5.74) is 0.999. The number of aliphatic hydroxyl groups is 1. The van der Waals surface area contributed by atoms with Crippen LogP contribution >= 0.6 is 11.6 Å². The Morgan fingerprint density at radius 3 is 2.60 bits per heavy atom. The monoisotopic (exact) mass is 296 g/mol. The summed E-state index contributed by atoms with van der Waals surface area (Å²) in [7, 11) is 1.70. The molecule has 0 radical (unpaired) electrons. The minimum Gasteiger partial charge on any atom is -0.391 e. The molecule has 110 valence electrons. The van der Waals surface area contributed by atoms with Crippen LogP contribution < -0.4 is 5.32 Å². The Morgan fingerprint density at radius 1 is 1.45 bits per heavy atom. The molecule has 20 heavy (non-hydrogen) atoms. The molecule has 2 unspecified atom stereocenters. The number of carbonyl (C=O) groups is 1. The maximum Gasteiger partial charge on any atom is 0.317 e. The van der Waals surface area contributed by atoms with Crippen LogP contribution in [0, 0.1) is 5.92 Å². The Hall–Kier alpha value is -1.26. The molecule has 1 aromatic carbocycles. The highest BCUT2D eigenvalue weighted by Gasteiger charge is 2.31. The molecule has 1 aromatic rings. The zero-order chi connectivity index (χ0) is 14.7. The van der Waals surface area contributed by atoms with Crippen molar-refractivity contribution in [2.24, 2.45) is 5.92 Å². The molecule has 0 heterocycles. The van der Waals surface area contributed by atoms with E-state index in [-0.39, 0.29) is 12.1 Å². The van der Waals surface area contributed by atoms with Gasteiger partial charge in [0.1, 0.15) is 0 Å². The summed E-state index contributed by atoms with van der Waals surface area (Å²) in [6, 6.07) is 7.13. The molecular weight excluding hydrogens is 276 g/mol. The zero-order valence-electron chi connectivity index (χ0n) is 11.8. The van der Waals surface area contributed by atoms with Gasteiger partial charge in [-0.05, 0) is 43.4 Å². The highest BCUT2D eigenvalue weighted by atomic mass is 35.5. The number of nitrogens with zero attached hydrogens (tertiary/aromatic N) is 1. The van der Waals surface area contributed by atoms with Gasteiger partial charge in [0.25, 0.3) is 0 Å². The topological polar surface area (TPSA) is 52.6 Å². The highest BCUT2D eigenvalue weighted by molar-refractivity contribution is 6.30. The normalized spacial score (nSPS) is 17.4. The van der Waals surface area contributed by atoms with Gasteiger partial charge in [-0.3, -0.25) is 0 Å². The lowest BCUT2D eigenvalue weighted by Crippen LogP contribution is -2.42. The number of carbonyl (C=O) groups excluding carboxylic acids is 1. The van der Waals surface area contributed by atoms with Crippen LogP contribution in [0.1, 0.15) is 31.4 Å². The van der Waals surface area contributed by atoms with Crippen LogP contribution in [0.4, 0.5) is 4.79 Å². The largest absolute Gasteiger partial charge is 0.391 e. The Labute approximate surface area is 124 Å². The first-order chi connectivity index (χ1) is 9.47. The predicted molar refractivity (Wildman–Crippen MR) is 79.8 cm³/mol. The maximum atomic E-state index is 12.0. The van der Waals surface area contributed by atoms with Gasteiger partial charge in [-0.2, -0.15) is 0 Å². The lowest BCUT2D eigenvalue weighted by Gasteiger charge is -2.23. The predicted octanol–water partition coefficient (Wildman–Crippen LogP) is 2.81.